The maximum Gasteiger partial charge on any atom is 0.261 e. The number of unbranched alkanes of at least 4 members (excludes halogenated alkanes) is 4. The van der Waals surface area contributed by atoms with Crippen LogP contribution in [0.4, 0.5) is 5.69 Å². The second-order valence-corrected chi connectivity index (χ2v) is 5.64. The lowest BCUT2D eigenvalue weighted by atomic mass is 10.1. The van der Waals surface area contributed by atoms with E-state index in [0.717, 1.165) is 24.2 Å². The van der Waals surface area contributed by atoms with Crippen molar-refractivity contribution in [3.8, 4) is 0 Å². The van der Waals surface area contributed by atoms with Crippen LogP contribution in [-0.4, -0.2) is 29.7 Å². The molecule has 1 heterocycles. The third kappa shape index (κ3) is 3.53. The monoisotopic (exact) mass is 302 g/mol. The lowest BCUT2D eigenvalue weighted by molar-refractivity contribution is -0.116. The molecular formula is C17H22N2O3. The standard InChI is InChI=1S/C17H22N2O3/c1-3-4-5-6-7-8-15(20)18-12-9-10-13-14(11-12)17(22)19(2)16(13)21/h9-11H,3-8H2,1-2H3,(H,18,20). The molecule has 5 heteroatoms. The summed E-state index contributed by atoms with van der Waals surface area (Å²) in [5.41, 5.74) is 1.31. The van der Waals surface area contributed by atoms with Crippen LogP contribution < -0.4 is 5.32 Å². The van der Waals surface area contributed by atoms with Crippen molar-refractivity contribution in [1.82, 2.24) is 4.90 Å². The molecule has 0 radical (unpaired) electrons. The van der Waals surface area contributed by atoms with Crippen molar-refractivity contribution >= 4 is 23.4 Å². The van der Waals surface area contributed by atoms with Crippen LogP contribution in [0.25, 0.3) is 0 Å². The number of amides is 3. The summed E-state index contributed by atoms with van der Waals surface area (Å²) in [4.78, 5) is 36.7. The number of imide groups is 1. The van der Waals surface area contributed by atoms with Gasteiger partial charge in [0.2, 0.25) is 5.91 Å². The highest BCUT2D eigenvalue weighted by molar-refractivity contribution is 6.21. The van der Waals surface area contributed by atoms with Gasteiger partial charge in [-0.15, -0.1) is 0 Å². The first-order chi connectivity index (χ1) is 10.5. The Labute approximate surface area is 130 Å². The van der Waals surface area contributed by atoms with E-state index in [9.17, 15) is 14.4 Å². The Hall–Kier alpha value is -2.17. The molecule has 0 saturated heterocycles. The molecule has 0 saturated carbocycles. The van der Waals surface area contributed by atoms with Gasteiger partial charge in [0.1, 0.15) is 0 Å². The minimum absolute atomic E-state index is 0.0541. The third-order valence-electron chi connectivity index (χ3n) is 3.88. The Balaban J connectivity index is 1.91. The molecule has 1 aliphatic heterocycles. The second-order valence-electron chi connectivity index (χ2n) is 5.64. The predicted octanol–water partition coefficient (Wildman–Crippen LogP) is 3.21. The van der Waals surface area contributed by atoms with Gasteiger partial charge in [0, 0.05) is 19.2 Å². The number of carbonyl (C=O) groups is 3. The average molecular weight is 302 g/mol. The zero-order valence-electron chi connectivity index (χ0n) is 13.1. The van der Waals surface area contributed by atoms with Crippen molar-refractivity contribution in [2.24, 2.45) is 0 Å². The van der Waals surface area contributed by atoms with Gasteiger partial charge in [-0.05, 0) is 24.6 Å². The van der Waals surface area contributed by atoms with E-state index in [2.05, 4.69) is 12.2 Å². The molecule has 0 spiro atoms. The number of benzene rings is 1. The van der Waals surface area contributed by atoms with Crippen molar-refractivity contribution in [3.05, 3.63) is 29.3 Å². The van der Waals surface area contributed by atoms with Crippen LogP contribution in [0.5, 0.6) is 0 Å². The first-order valence-electron chi connectivity index (χ1n) is 7.81. The minimum atomic E-state index is -0.323. The van der Waals surface area contributed by atoms with Crippen LogP contribution in [0, 0.1) is 0 Å². The summed E-state index contributed by atoms with van der Waals surface area (Å²) >= 11 is 0. The van der Waals surface area contributed by atoms with E-state index in [1.165, 1.54) is 19.9 Å². The molecule has 0 fully saturated rings. The van der Waals surface area contributed by atoms with E-state index in [1.54, 1.807) is 18.2 Å². The summed E-state index contributed by atoms with van der Waals surface area (Å²) in [7, 11) is 1.46. The molecule has 0 aliphatic carbocycles. The highest BCUT2D eigenvalue weighted by Gasteiger charge is 2.32. The molecule has 0 unspecified atom stereocenters. The van der Waals surface area contributed by atoms with Gasteiger partial charge in [0.05, 0.1) is 11.1 Å². The van der Waals surface area contributed by atoms with Crippen LogP contribution in [-0.2, 0) is 4.79 Å². The molecule has 5 nitrogen and oxygen atoms in total. The van der Waals surface area contributed by atoms with Crippen LogP contribution >= 0.6 is 0 Å². The summed E-state index contributed by atoms with van der Waals surface area (Å²) in [6, 6.07) is 4.84. The third-order valence-corrected chi connectivity index (χ3v) is 3.88. The van der Waals surface area contributed by atoms with Crippen LogP contribution in [0.2, 0.25) is 0 Å². The highest BCUT2D eigenvalue weighted by atomic mass is 16.2. The number of rotatable bonds is 7. The van der Waals surface area contributed by atoms with E-state index < -0.39 is 0 Å². The van der Waals surface area contributed by atoms with Crippen molar-refractivity contribution in [2.45, 2.75) is 45.4 Å². The molecule has 0 atom stereocenters. The van der Waals surface area contributed by atoms with Crippen molar-refractivity contribution in [2.75, 3.05) is 12.4 Å². The number of fused-ring (bicyclic) bond motifs is 1. The predicted molar refractivity (Wildman–Crippen MR) is 84.9 cm³/mol. The smallest absolute Gasteiger partial charge is 0.261 e. The molecule has 1 N–H and O–H groups in total. The van der Waals surface area contributed by atoms with E-state index in [0.29, 0.717) is 23.2 Å². The first-order valence-corrected chi connectivity index (χ1v) is 7.81. The molecule has 1 aliphatic rings. The van der Waals surface area contributed by atoms with Gasteiger partial charge >= 0.3 is 0 Å². The largest absolute Gasteiger partial charge is 0.326 e. The average Bonchev–Trinajstić information content (AvgIpc) is 2.72. The number of nitrogens with zero attached hydrogens (tertiary/aromatic N) is 1. The number of nitrogens with one attached hydrogen (secondary N) is 1. The minimum Gasteiger partial charge on any atom is -0.326 e. The fourth-order valence-corrected chi connectivity index (χ4v) is 2.55. The van der Waals surface area contributed by atoms with Crippen molar-refractivity contribution in [1.29, 1.82) is 0 Å². The number of anilines is 1. The normalized spacial score (nSPS) is 13.5. The Morgan fingerprint density at radius 2 is 1.73 bits per heavy atom. The fourth-order valence-electron chi connectivity index (χ4n) is 2.55. The maximum absolute atomic E-state index is 11.9. The number of hydrogen-bond donors (Lipinski definition) is 1. The van der Waals surface area contributed by atoms with Gasteiger partial charge in [-0.3, -0.25) is 19.3 Å². The number of hydrogen-bond acceptors (Lipinski definition) is 3. The fraction of sp³-hybridized carbons (Fsp3) is 0.471. The Kier molecular flexibility index (Phi) is 5.31. The van der Waals surface area contributed by atoms with Gasteiger partial charge in [-0.25, -0.2) is 0 Å². The summed E-state index contributed by atoms with van der Waals surface area (Å²) in [6.45, 7) is 2.16. The van der Waals surface area contributed by atoms with Crippen molar-refractivity contribution < 1.29 is 14.4 Å². The topological polar surface area (TPSA) is 66.5 Å². The summed E-state index contributed by atoms with van der Waals surface area (Å²) < 4.78 is 0. The van der Waals surface area contributed by atoms with Crippen LogP contribution in [0.3, 0.4) is 0 Å². The molecule has 22 heavy (non-hydrogen) atoms. The number of carbonyl (C=O) groups excluding carboxylic acids is 3. The second kappa shape index (κ2) is 7.20. The van der Waals surface area contributed by atoms with Gasteiger partial charge < -0.3 is 5.32 Å². The Bertz CT molecular complexity index is 596. The van der Waals surface area contributed by atoms with E-state index in [1.807, 2.05) is 0 Å². The van der Waals surface area contributed by atoms with E-state index >= 15 is 0 Å². The first kappa shape index (κ1) is 16.2. The Morgan fingerprint density at radius 1 is 1.05 bits per heavy atom. The molecule has 1 aromatic carbocycles. The quantitative estimate of drug-likeness (QED) is 0.621. The maximum atomic E-state index is 11.9. The summed E-state index contributed by atoms with van der Waals surface area (Å²) in [6.07, 6.45) is 5.96. The molecular weight excluding hydrogens is 280 g/mol. The molecule has 0 bridgehead atoms. The summed E-state index contributed by atoms with van der Waals surface area (Å²) in [5.74, 6) is -0.675. The Morgan fingerprint density at radius 3 is 2.45 bits per heavy atom. The zero-order valence-corrected chi connectivity index (χ0v) is 13.1. The van der Waals surface area contributed by atoms with Gasteiger partial charge in [0.15, 0.2) is 0 Å². The zero-order chi connectivity index (χ0) is 16.1. The van der Waals surface area contributed by atoms with Gasteiger partial charge in [0.25, 0.3) is 11.8 Å². The lowest BCUT2D eigenvalue weighted by Gasteiger charge is -2.06. The lowest BCUT2D eigenvalue weighted by Crippen LogP contribution is -2.24. The van der Waals surface area contributed by atoms with Gasteiger partial charge in [-0.2, -0.15) is 0 Å². The molecule has 3 amide bonds. The van der Waals surface area contributed by atoms with Crippen LogP contribution in [0.1, 0.15) is 66.2 Å². The van der Waals surface area contributed by atoms with Gasteiger partial charge in [-0.1, -0.05) is 32.6 Å². The molecule has 1 aromatic rings. The van der Waals surface area contributed by atoms with E-state index in [-0.39, 0.29) is 17.7 Å². The van der Waals surface area contributed by atoms with Crippen LogP contribution in [0.15, 0.2) is 18.2 Å². The summed E-state index contributed by atoms with van der Waals surface area (Å²) in [5, 5.41) is 2.79. The molecule has 2 rings (SSSR count). The van der Waals surface area contributed by atoms with Crippen molar-refractivity contribution in [3.63, 3.8) is 0 Å². The SMILES string of the molecule is CCCCCCCC(=O)Nc1ccc2c(c1)C(=O)N(C)C2=O. The molecule has 118 valence electrons. The highest BCUT2D eigenvalue weighted by Crippen LogP contribution is 2.24. The van der Waals surface area contributed by atoms with E-state index in [4.69, 9.17) is 0 Å². The molecule has 0 aromatic heterocycles.